The molecule has 2 heterocycles. The fraction of sp³-hybridized carbons (Fsp3) is 0.300. The minimum Gasteiger partial charge on any atom is -0.508 e. The van der Waals surface area contributed by atoms with E-state index in [-0.39, 0.29) is 5.69 Å². The molecule has 0 radical (unpaired) electrons. The number of non-ortho nitro benzene ring substituents is 1. The predicted molar refractivity (Wildman–Crippen MR) is 102 cm³/mol. The number of phenols is 1. The molecule has 0 amide bonds. The first-order valence-electron chi connectivity index (χ1n) is 9.17. The minimum absolute atomic E-state index is 0.0315. The highest BCUT2D eigenvalue weighted by Crippen LogP contribution is 2.29. The van der Waals surface area contributed by atoms with Gasteiger partial charge in [-0.2, -0.15) is 4.98 Å². The first kappa shape index (κ1) is 18.1. The van der Waals surface area contributed by atoms with Crippen molar-refractivity contribution in [1.82, 2.24) is 15.0 Å². The van der Waals surface area contributed by atoms with Crippen LogP contribution < -0.4 is 0 Å². The van der Waals surface area contributed by atoms with E-state index in [0.29, 0.717) is 35.5 Å². The molecule has 2 aromatic carbocycles. The summed E-state index contributed by atoms with van der Waals surface area (Å²) in [6, 6.07) is 13.6. The minimum atomic E-state index is -0.437. The van der Waals surface area contributed by atoms with E-state index in [1.54, 1.807) is 24.3 Å². The van der Waals surface area contributed by atoms with Gasteiger partial charge in [-0.15, -0.1) is 0 Å². The van der Waals surface area contributed by atoms with E-state index in [1.165, 1.54) is 17.7 Å². The molecule has 0 bridgehead atoms. The van der Waals surface area contributed by atoms with Gasteiger partial charge in [0.1, 0.15) is 5.75 Å². The number of benzene rings is 2. The van der Waals surface area contributed by atoms with Crippen LogP contribution >= 0.6 is 0 Å². The highest BCUT2D eigenvalue weighted by molar-refractivity contribution is 5.56. The zero-order chi connectivity index (χ0) is 19.5. The maximum absolute atomic E-state index is 10.7. The maximum Gasteiger partial charge on any atom is 0.269 e. The average Bonchev–Trinajstić information content (AvgIpc) is 3.18. The summed E-state index contributed by atoms with van der Waals surface area (Å²) in [6.07, 6.45) is 2.07. The van der Waals surface area contributed by atoms with Crippen molar-refractivity contribution >= 4 is 5.69 Å². The third-order valence-electron chi connectivity index (χ3n) is 5.12. The number of aromatic hydroxyl groups is 1. The van der Waals surface area contributed by atoms with Gasteiger partial charge in [-0.05, 0) is 61.7 Å². The molecular formula is C20H20N4O4. The molecule has 0 atom stereocenters. The van der Waals surface area contributed by atoms with Crippen LogP contribution in [-0.2, 0) is 6.54 Å². The Labute approximate surface area is 161 Å². The van der Waals surface area contributed by atoms with Crippen LogP contribution in [0.3, 0.4) is 0 Å². The molecule has 8 heteroatoms. The SMILES string of the molecule is O=[N+]([O-])c1ccc(-c2noc(CN3CCC(c4ccc(O)cc4)CC3)n2)cc1. The van der Waals surface area contributed by atoms with Crippen LogP contribution in [0.25, 0.3) is 11.4 Å². The molecule has 0 saturated carbocycles. The number of hydrogen-bond acceptors (Lipinski definition) is 7. The van der Waals surface area contributed by atoms with Gasteiger partial charge in [0, 0.05) is 17.7 Å². The van der Waals surface area contributed by atoms with E-state index in [1.807, 2.05) is 12.1 Å². The summed E-state index contributed by atoms with van der Waals surface area (Å²) in [5.41, 5.74) is 1.98. The van der Waals surface area contributed by atoms with Crippen molar-refractivity contribution in [2.24, 2.45) is 0 Å². The van der Waals surface area contributed by atoms with Crippen LogP contribution in [0.2, 0.25) is 0 Å². The molecule has 0 unspecified atom stereocenters. The molecule has 1 N–H and O–H groups in total. The lowest BCUT2D eigenvalue weighted by Gasteiger charge is -2.31. The van der Waals surface area contributed by atoms with E-state index in [4.69, 9.17) is 4.52 Å². The number of nitro groups is 1. The van der Waals surface area contributed by atoms with Gasteiger partial charge in [-0.3, -0.25) is 15.0 Å². The fourth-order valence-corrected chi connectivity index (χ4v) is 3.53. The summed E-state index contributed by atoms with van der Waals surface area (Å²) in [7, 11) is 0. The Kier molecular flexibility index (Phi) is 5.03. The zero-order valence-corrected chi connectivity index (χ0v) is 15.2. The molecule has 4 rings (SSSR count). The standard InChI is InChI=1S/C20H20N4O4/c25-18-7-3-14(4-8-18)15-9-11-23(12-10-15)13-19-21-20(22-28-19)16-1-5-17(6-2-16)24(26)27/h1-8,15,25H,9-13H2. The maximum atomic E-state index is 10.7. The number of hydrogen-bond donors (Lipinski definition) is 1. The Morgan fingerprint density at radius 1 is 1.11 bits per heavy atom. The molecule has 8 nitrogen and oxygen atoms in total. The van der Waals surface area contributed by atoms with Crippen molar-refractivity contribution in [2.75, 3.05) is 13.1 Å². The number of nitro benzene ring substituents is 1. The predicted octanol–water partition coefficient (Wildman–Crippen LogP) is 3.73. The summed E-state index contributed by atoms with van der Waals surface area (Å²) in [4.78, 5) is 17.0. The van der Waals surface area contributed by atoms with Gasteiger partial charge >= 0.3 is 0 Å². The molecule has 1 fully saturated rings. The van der Waals surface area contributed by atoms with Crippen LogP contribution in [0.1, 0.15) is 30.2 Å². The first-order chi connectivity index (χ1) is 13.6. The topological polar surface area (TPSA) is 106 Å². The third kappa shape index (κ3) is 4.01. The lowest BCUT2D eigenvalue weighted by Crippen LogP contribution is -2.32. The number of aromatic nitrogens is 2. The molecule has 28 heavy (non-hydrogen) atoms. The van der Waals surface area contributed by atoms with Crippen molar-refractivity contribution in [1.29, 1.82) is 0 Å². The van der Waals surface area contributed by atoms with E-state index >= 15 is 0 Å². The second-order valence-electron chi connectivity index (χ2n) is 6.96. The van der Waals surface area contributed by atoms with Gasteiger partial charge in [0.2, 0.25) is 11.7 Å². The highest BCUT2D eigenvalue weighted by atomic mass is 16.6. The highest BCUT2D eigenvalue weighted by Gasteiger charge is 2.22. The van der Waals surface area contributed by atoms with Crippen molar-refractivity contribution in [2.45, 2.75) is 25.3 Å². The summed E-state index contributed by atoms with van der Waals surface area (Å²) < 4.78 is 5.36. The first-order valence-corrected chi connectivity index (χ1v) is 9.17. The summed E-state index contributed by atoms with van der Waals surface area (Å²) in [5.74, 6) is 1.76. The van der Waals surface area contributed by atoms with E-state index in [2.05, 4.69) is 15.0 Å². The number of likely N-dealkylation sites (tertiary alicyclic amines) is 1. The molecule has 1 aromatic heterocycles. The van der Waals surface area contributed by atoms with Gasteiger partial charge in [-0.25, -0.2) is 0 Å². The normalized spacial score (nSPS) is 15.6. The molecule has 0 aliphatic carbocycles. The zero-order valence-electron chi connectivity index (χ0n) is 15.2. The van der Waals surface area contributed by atoms with Gasteiger partial charge in [0.25, 0.3) is 5.69 Å². The molecule has 144 valence electrons. The smallest absolute Gasteiger partial charge is 0.269 e. The van der Waals surface area contributed by atoms with Crippen molar-refractivity contribution < 1.29 is 14.6 Å². The lowest BCUT2D eigenvalue weighted by molar-refractivity contribution is -0.384. The van der Waals surface area contributed by atoms with Crippen LogP contribution in [0.15, 0.2) is 53.1 Å². The second kappa shape index (κ2) is 7.77. The summed E-state index contributed by atoms with van der Waals surface area (Å²) in [5, 5.41) is 24.2. The van der Waals surface area contributed by atoms with Crippen molar-refractivity contribution in [3.05, 3.63) is 70.1 Å². The van der Waals surface area contributed by atoms with Crippen molar-refractivity contribution in [3.8, 4) is 17.1 Å². The number of nitrogens with zero attached hydrogens (tertiary/aromatic N) is 4. The van der Waals surface area contributed by atoms with Gasteiger partial charge in [0.15, 0.2) is 0 Å². The summed E-state index contributed by atoms with van der Waals surface area (Å²) in [6.45, 7) is 2.45. The molecule has 1 saturated heterocycles. The second-order valence-corrected chi connectivity index (χ2v) is 6.96. The number of phenolic OH excluding ortho intramolecular Hbond substituents is 1. The Hall–Kier alpha value is -3.26. The van der Waals surface area contributed by atoms with Crippen LogP contribution in [0, 0.1) is 10.1 Å². The van der Waals surface area contributed by atoms with Crippen molar-refractivity contribution in [3.63, 3.8) is 0 Å². The average molecular weight is 380 g/mol. The van der Waals surface area contributed by atoms with Gasteiger partial charge < -0.3 is 9.63 Å². The quantitative estimate of drug-likeness (QED) is 0.531. The number of piperidine rings is 1. The Bertz CT molecular complexity index is 945. The van der Waals surface area contributed by atoms with Gasteiger partial charge in [-0.1, -0.05) is 17.3 Å². The fourth-order valence-electron chi connectivity index (χ4n) is 3.53. The van der Waals surface area contributed by atoms with Crippen LogP contribution in [-0.4, -0.2) is 38.2 Å². The lowest BCUT2D eigenvalue weighted by atomic mass is 9.89. The largest absolute Gasteiger partial charge is 0.508 e. The molecule has 0 spiro atoms. The Morgan fingerprint density at radius 2 is 1.79 bits per heavy atom. The van der Waals surface area contributed by atoms with E-state index in [9.17, 15) is 15.2 Å². The van der Waals surface area contributed by atoms with Gasteiger partial charge in [0.05, 0.1) is 11.5 Å². The van der Waals surface area contributed by atoms with Crippen LogP contribution in [0.5, 0.6) is 5.75 Å². The Balaban J connectivity index is 1.34. The van der Waals surface area contributed by atoms with E-state index < -0.39 is 4.92 Å². The third-order valence-corrected chi connectivity index (χ3v) is 5.12. The van der Waals surface area contributed by atoms with Crippen LogP contribution in [0.4, 0.5) is 5.69 Å². The van der Waals surface area contributed by atoms with E-state index in [0.717, 1.165) is 25.9 Å². The monoisotopic (exact) mass is 380 g/mol. The molecular weight excluding hydrogens is 360 g/mol. The molecule has 1 aliphatic heterocycles. The molecule has 1 aliphatic rings. The Morgan fingerprint density at radius 3 is 2.43 bits per heavy atom. The molecule has 3 aromatic rings. The number of rotatable bonds is 5. The summed E-state index contributed by atoms with van der Waals surface area (Å²) >= 11 is 0.